The number of rotatable bonds is 13. The number of hydrogen-bond acceptors (Lipinski definition) is 5. The third kappa shape index (κ3) is 5.79. The van der Waals surface area contributed by atoms with E-state index in [0.29, 0.717) is 11.8 Å². The lowest BCUT2D eigenvalue weighted by Crippen LogP contribution is -2.53. The molecule has 0 aromatic carbocycles. The van der Waals surface area contributed by atoms with Crippen molar-refractivity contribution >= 4 is 18.1 Å². The zero-order chi connectivity index (χ0) is 25.0. The number of likely N-dealkylation sites (N-methyl/N-ethyl adjacent to an activating group) is 1. The highest BCUT2D eigenvalue weighted by Gasteiger charge is 2.61. The average Bonchev–Trinajstić information content (AvgIpc) is 3.22. The first-order valence-electron chi connectivity index (χ1n) is 12.6. The first kappa shape index (κ1) is 27.8. The normalized spacial score (nSPS) is 28.6. The van der Waals surface area contributed by atoms with Crippen LogP contribution in [-0.2, 0) is 23.9 Å². The molecule has 1 saturated heterocycles. The lowest BCUT2D eigenvalue weighted by atomic mass is 9.88. The van der Waals surface area contributed by atoms with Gasteiger partial charge in [-0.3, -0.25) is 9.59 Å². The number of amides is 2. The molecule has 33 heavy (non-hydrogen) atoms. The zero-order valence-corrected chi connectivity index (χ0v) is 22.1. The van der Waals surface area contributed by atoms with Gasteiger partial charge in [-0.05, 0) is 30.1 Å². The molecule has 2 rings (SSSR count). The molecule has 0 radical (unpaired) electrons. The SMILES string of the molecule is CCC(C)C(C(CC(=O)N1C(C(CC=O)OC)CC2C(C)C21)OC)N(C)C(=O)[C@@H](C)C(C)C. The molecule has 1 aliphatic carbocycles. The van der Waals surface area contributed by atoms with Crippen LogP contribution in [0.5, 0.6) is 0 Å². The fraction of sp³-hybridized carbons (Fsp3) is 0.885. The Bertz CT molecular complexity index is 684. The van der Waals surface area contributed by atoms with Crippen LogP contribution in [0, 0.1) is 29.6 Å². The second-order valence-corrected chi connectivity index (χ2v) is 10.6. The quantitative estimate of drug-likeness (QED) is 0.389. The second-order valence-electron chi connectivity index (χ2n) is 10.6. The summed E-state index contributed by atoms with van der Waals surface area (Å²) in [6.45, 7) is 12.5. The van der Waals surface area contributed by atoms with Crippen molar-refractivity contribution in [1.29, 1.82) is 0 Å². The van der Waals surface area contributed by atoms with Crippen molar-refractivity contribution in [2.24, 2.45) is 29.6 Å². The molecular weight excluding hydrogens is 420 g/mol. The zero-order valence-electron chi connectivity index (χ0n) is 22.1. The molecule has 9 atom stereocenters. The number of likely N-dealkylation sites (tertiary alicyclic amines) is 1. The van der Waals surface area contributed by atoms with Crippen LogP contribution in [0.2, 0.25) is 0 Å². The largest absolute Gasteiger partial charge is 0.379 e. The van der Waals surface area contributed by atoms with E-state index in [4.69, 9.17) is 9.47 Å². The van der Waals surface area contributed by atoms with Crippen LogP contribution in [0.25, 0.3) is 0 Å². The highest BCUT2D eigenvalue weighted by molar-refractivity contribution is 5.80. The van der Waals surface area contributed by atoms with Gasteiger partial charge in [0.25, 0.3) is 0 Å². The molecule has 8 unspecified atom stereocenters. The van der Waals surface area contributed by atoms with Crippen molar-refractivity contribution in [2.75, 3.05) is 21.3 Å². The molecule has 7 heteroatoms. The van der Waals surface area contributed by atoms with E-state index >= 15 is 0 Å². The van der Waals surface area contributed by atoms with Gasteiger partial charge in [0.2, 0.25) is 11.8 Å². The van der Waals surface area contributed by atoms with Crippen molar-refractivity contribution in [2.45, 2.75) is 97.6 Å². The number of carbonyl (C=O) groups excluding carboxylic acids is 3. The number of carbonyl (C=O) groups is 3. The van der Waals surface area contributed by atoms with E-state index in [-0.39, 0.29) is 66.6 Å². The van der Waals surface area contributed by atoms with E-state index < -0.39 is 6.10 Å². The van der Waals surface area contributed by atoms with Crippen LogP contribution >= 0.6 is 0 Å². The molecule has 1 aliphatic heterocycles. The maximum atomic E-state index is 13.7. The Balaban J connectivity index is 2.25. The molecule has 0 spiro atoms. The lowest BCUT2D eigenvalue weighted by Gasteiger charge is -2.40. The Hall–Kier alpha value is -1.47. The first-order valence-corrected chi connectivity index (χ1v) is 12.6. The Morgan fingerprint density at radius 1 is 1.15 bits per heavy atom. The predicted molar refractivity (Wildman–Crippen MR) is 129 cm³/mol. The molecular formula is C26H46N2O5. The highest BCUT2D eigenvalue weighted by Crippen LogP contribution is 2.54. The topological polar surface area (TPSA) is 76.2 Å². The fourth-order valence-electron chi connectivity index (χ4n) is 5.75. The van der Waals surface area contributed by atoms with Crippen LogP contribution in [0.1, 0.15) is 67.2 Å². The minimum Gasteiger partial charge on any atom is -0.379 e. The molecule has 0 aromatic heterocycles. The standard InChI is InChI=1S/C26H46N2O5/c1-10-16(4)24(27(7)26(31)17(5)15(2)3)22(33-9)14-23(30)28-20(21(32-8)11-12-29)13-19-18(6)25(19)28/h12,15-22,24-25H,10-11,13-14H2,1-9H3/t16?,17-,18?,19?,20?,21?,22?,24?,25?/m0/s1. The van der Waals surface area contributed by atoms with Crippen LogP contribution in [0.15, 0.2) is 0 Å². The molecule has 0 aromatic rings. The van der Waals surface area contributed by atoms with E-state index in [1.165, 1.54) is 0 Å². The van der Waals surface area contributed by atoms with Crippen LogP contribution in [-0.4, -0.2) is 79.5 Å². The minimum atomic E-state index is -0.401. The van der Waals surface area contributed by atoms with Crippen molar-refractivity contribution in [3.63, 3.8) is 0 Å². The Kier molecular flexibility index (Phi) is 9.92. The summed E-state index contributed by atoms with van der Waals surface area (Å²) in [7, 11) is 5.08. The summed E-state index contributed by atoms with van der Waals surface area (Å²) < 4.78 is 11.5. The number of methoxy groups -OCH3 is 2. The first-order chi connectivity index (χ1) is 15.5. The molecule has 2 amide bonds. The highest BCUT2D eigenvalue weighted by atomic mass is 16.5. The van der Waals surface area contributed by atoms with Crippen molar-refractivity contribution in [1.82, 2.24) is 9.80 Å². The Labute approximate surface area is 200 Å². The van der Waals surface area contributed by atoms with E-state index in [1.807, 2.05) is 23.8 Å². The third-order valence-electron chi connectivity index (χ3n) is 8.52. The molecule has 1 heterocycles. The van der Waals surface area contributed by atoms with Gasteiger partial charge in [0.15, 0.2) is 0 Å². The monoisotopic (exact) mass is 466 g/mol. The number of ether oxygens (including phenoxy) is 2. The van der Waals surface area contributed by atoms with Gasteiger partial charge in [-0.15, -0.1) is 0 Å². The molecule has 2 aliphatic rings. The van der Waals surface area contributed by atoms with E-state index in [2.05, 4.69) is 34.6 Å². The summed E-state index contributed by atoms with van der Waals surface area (Å²) in [6, 6.07) is -0.0650. The van der Waals surface area contributed by atoms with Crippen LogP contribution in [0.4, 0.5) is 0 Å². The molecule has 0 N–H and O–H groups in total. The molecule has 7 nitrogen and oxygen atoms in total. The van der Waals surface area contributed by atoms with Crippen molar-refractivity contribution in [3.05, 3.63) is 0 Å². The van der Waals surface area contributed by atoms with E-state index in [0.717, 1.165) is 19.1 Å². The summed E-state index contributed by atoms with van der Waals surface area (Å²) in [6.07, 6.45) is 2.44. The van der Waals surface area contributed by atoms with Crippen molar-refractivity contribution < 1.29 is 23.9 Å². The maximum absolute atomic E-state index is 13.7. The third-order valence-corrected chi connectivity index (χ3v) is 8.52. The summed E-state index contributed by atoms with van der Waals surface area (Å²) in [5.41, 5.74) is 0. The Morgan fingerprint density at radius 3 is 2.27 bits per heavy atom. The predicted octanol–water partition coefficient (Wildman–Crippen LogP) is 3.40. The van der Waals surface area contributed by atoms with E-state index in [1.54, 1.807) is 14.2 Å². The van der Waals surface area contributed by atoms with Gasteiger partial charge in [0, 0.05) is 39.6 Å². The maximum Gasteiger partial charge on any atom is 0.225 e. The molecule has 2 fully saturated rings. The molecule has 190 valence electrons. The smallest absolute Gasteiger partial charge is 0.225 e. The number of aldehydes is 1. The van der Waals surface area contributed by atoms with Gasteiger partial charge in [0.05, 0.1) is 30.7 Å². The Morgan fingerprint density at radius 2 is 1.79 bits per heavy atom. The molecule has 0 bridgehead atoms. The van der Waals surface area contributed by atoms with Crippen LogP contribution < -0.4 is 0 Å². The van der Waals surface area contributed by atoms with E-state index in [9.17, 15) is 14.4 Å². The number of piperidine rings is 1. The summed E-state index contributed by atoms with van der Waals surface area (Å²) >= 11 is 0. The van der Waals surface area contributed by atoms with Gasteiger partial charge in [0.1, 0.15) is 6.29 Å². The van der Waals surface area contributed by atoms with Gasteiger partial charge in [-0.2, -0.15) is 0 Å². The summed E-state index contributed by atoms with van der Waals surface area (Å²) in [5.74, 6) is 1.39. The van der Waals surface area contributed by atoms with Gasteiger partial charge >= 0.3 is 0 Å². The van der Waals surface area contributed by atoms with Gasteiger partial charge < -0.3 is 24.1 Å². The number of fused-ring (bicyclic) bond motifs is 1. The summed E-state index contributed by atoms with van der Waals surface area (Å²) in [4.78, 5) is 41.8. The van der Waals surface area contributed by atoms with Gasteiger partial charge in [-0.1, -0.05) is 48.0 Å². The minimum absolute atomic E-state index is 0.0303. The molecule has 1 saturated carbocycles. The average molecular weight is 467 g/mol. The lowest BCUT2D eigenvalue weighted by molar-refractivity contribution is -0.147. The number of nitrogens with zero attached hydrogens (tertiary/aromatic N) is 2. The number of hydrogen-bond donors (Lipinski definition) is 0. The van der Waals surface area contributed by atoms with Crippen LogP contribution in [0.3, 0.4) is 0 Å². The second kappa shape index (κ2) is 11.8. The van der Waals surface area contributed by atoms with Crippen molar-refractivity contribution in [3.8, 4) is 0 Å². The van der Waals surface area contributed by atoms with Gasteiger partial charge in [-0.25, -0.2) is 0 Å². The summed E-state index contributed by atoms with van der Waals surface area (Å²) in [5, 5.41) is 0. The fourth-order valence-corrected chi connectivity index (χ4v) is 5.75.